The zero-order valence-corrected chi connectivity index (χ0v) is 11.7. The molecule has 0 aliphatic heterocycles. The largest absolute Gasteiger partial charge is 0.497 e. The molecule has 7 nitrogen and oxygen atoms in total. The number of nitrogens with one attached hydrogen (secondary N) is 1. The van der Waals surface area contributed by atoms with Crippen LogP contribution in [0.4, 0.5) is 0 Å². The van der Waals surface area contributed by atoms with Crippen LogP contribution in [0.5, 0.6) is 5.75 Å². The molecule has 2 aromatic rings. The molecule has 0 saturated heterocycles. The first-order chi connectivity index (χ1) is 9.83. The Morgan fingerprint density at radius 1 is 1.20 bits per heavy atom. The second kappa shape index (κ2) is 7.56. The fourth-order valence-electron chi connectivity index (χ4n) is 1.75. The summed E-state index contributed by atoms with van der Waals surface area (Å²) in [7, 11) is 3.33. The molecule has 7 heteroatoms. The monoisotopic (exact) mass is 277 g/mol. The summed E-state index contributed by atoms with van der Waals surface area (Å²) < 4.78 is 11.9. The second-order valence-electron chi connectivity index (χ2n) is 4.27. The highest BCUT2D eigenvalue weighted by Gasteiger charge is 2.06. The summed E-state index contributed by atoms with van der Waals surface area (Å²) in [4.78, 5) is 0. The molecule has 0 atom stereocenters. The van der Waals surface area contributed by atoms with Gasteiger partial charge in [0.05, 0.1) is 26.8 Å². The van der Waals surface area contributed by atoms with Gasteiger partial charge in [0.2, 0.25) is 0 Å². The molecule has 1 aromatic heterocycles. The molecular weight excluding hydrogens is 258 g/mol. The van der Waals surface area contributed by atoms with E-state index in [4.69, 9.17) is 9.47 Å². The molecule has 0 unspecified atom stereocenters. The highest BCUT2D eigenvalue weighted by Crippen LogP contribution is 2.12. The van der Waals surface area contributed by atoms with E-state index in [9.17, 15) is 0 Å². The Morgan fingerprint density at radius 3 is 2.70 bits per heavy atom. The maximum Gasteiger partial charge on any atom is 0.165 e. The van der Waals surface area contributed by atoms with Gasteiger partial charge in [0.25, 0.3) is 0 Å². The van der Waals surface area contributed by atoms with Gasteiger partial charge in [-0.05, 0) is 28.1 Å². The van der Waals surface area contributed by atoms with Crippen molar-refractivity contribution in [2.75, 3.05) is 27.4 Å². The number of tetrazole rings is 1. The normalized spacial score (nSPS) is 10.7. The topological polar surface area (TPSA) is 74.1 Å². The van der Waals surface area contributed by atoms with E-state index in [-0.39, 0.29) is 0 Å². The van der Waals surface area contributed by atoms with Crippen LogP contribution in [0.1, 0.15) is 11.4 Å². The van der Waals surface area contributed by atoms with Crippen LogP contribution < -0.4 is 10.1 Å². The van der Waals surface area contributed by atoms with Gasteiger partial charge >= 0.3 is 0 Å². The molecule has 0 aliphatic carbocycles. The Labute approximate surface area is 117 Å². The van der Waals surface area contributed by atoms with E-state index in [1.54, 1.807) is 18.9 Å². The van der Waals surface area contributed by atoms with Crippen molar-refractivity contribution in [3.05, 3.63) is 35.7 Å². The van der Waals surface area contributed by atoms with Gasteiger partial charge < -0.3 is 14.8 Å². The Morgan fingerprint density at radius 2 is 2.00 bits per heavy atom. The van der Waals surface area contributed by atoms with E-state index in [2.05, 4.69) is 20.8 Å². The van der Waals surface area contributed by atoms with Gasteiger partial charge in [-0.25, -0.2) is 4.68 Å². The number of methoxy groups -OCH3 is 2. The van der Waals surface area contributed by atoms with Gasteiger partial charge in [0.1, 0.15) is 5.75 Å². The standard InChI is InChI=1S/C13H19N5O2/c1-19-8-7-14-9-13-15-16-17-18(13)10-11-3-5-12(20-2)6-4-11/h3-6,14H,7-10H2,1-2H3. The highest BCUT2D eigenvalue weighted by molar-refractivity contribution is 5.27. The Balaban J connectivity index is 1.93. The van der Waals surface area contributed by atoms with Crippen LogP contribution in [0, 0.1) is 0 Å². The molecular formula is C13H19N5O2. The first kappa shape index (κ1) is 14.4. The molecule has 0 aliphatic rings. The van der Waals surface area contributed by atoms with Gasteiger partial charge in [0, 0.05) is 13.7 Å². The van der Waals surface area contributed by atoms with E-state index in [0.717, 1.165) is 23.7 Å². The third kappa shape index (κ3) is 4.01. The van der Waals surface area contributed by atoms with Gasteiger partial charge in [-0.3, -0.25) is 0 Å². The van der Waals surface area contributed by atoms with Crippen LogP contribution in [0.3, 0.4) is 0 Å². The van der Waals surface area contributed by atoms with Crippen molar-refractivity contribution in [3.8, 4) is 5.75 Å². The van der Waals surface area contributed by atoms with Crippen LogP contribution in [-0.4, -0.2) is 47.6 Å². The first-order valence-corrected chi connectivity index (χ1v) is 6.41. The number of benzene rings is 1. The van der Waals surface area contributed by atoms with Crippen molar-refractivity contribution in [1.29, 1.82) is 0 Å². The summed E-state index contributed by atoms with van der Waals surface area (Å²) in [6, 6.07) is 7.86. The van der Waals surface area contributed by atoms with Crippen molar-refractivity contribution in [3.63, 3.8) is 0 Å². The molecule has 1 heterocycles. The second-order valence-corrected chi connectivity index (χ2v) is 4.27. The van der Waals surface area contributed by atoms with Crippen LogP contribution in [0.15, 0.2) is 24.3 Å². The van der Waals surface area contributed by atoms with Gasteiger partial charge in [-0.15, -0.1) is 5.10 Å². The Kier molecular flexibility index (Phi) is 5.45. The summed E-state index contributed by atoms with van der Waals surface area (Å²) in [6.07, 6.45) is 0. The van der Waals surface area contributed by atoms with Crippen LogP contribution in [0.25, 0.3) is 0 Å². The number of aromatic nitrogens is 4. The third-order valence-corrected chi connectivity index (χ3v) is 2.86. The maximum absolute atomic E-state index is 5.14. The van der Waals surface area contributed by atoms with Crippen molar-refractivity contribution >= 4 is 0 Å². The van der Waals surface area contributed by atoms with E-state index in [0.29, 0.717) is 19.7 Å². The van der Waals surface area contributed by atoms with Gasteiger partial charge in [-0.1, -0.05) is 12.1 Å². The summed E-state index contributed by atoms with van der Waals surface area (Å²) >= 11 is 0. The average molecular weight is 277 g/mol. The summed E-state index contributed by atoms with van der Waals surface area (Å²) in [6.45, 7) is 2.69. The fraction of sp³-hybridized carbons (Fsp3) is 0.462. The number of hydrogen-bond acceptors (Lipinski definition) is 6. The molecule has 0 bridgehead atoms. The predicted octanol–water partition coefficient (Wildman–Crippen LogP) is 0.466. The summed E-state index contributed by atoms with van der Waals surface area (Å²) in [5.41, 5.74) is 1.12. The van der Waals surface area contributed by atoms with Crippen LogP contribution >= 0.6 is 0 Å². The van der Waals surface area contributed by atoms with Crippen molar-refractivity contribution in [1.82, 2.24) is 25.5 Å². The van der Waals surface area contributed by atoms with Crippen LogP contribution in [-0.2, 0) is 17.8 Å². The molecule has 0 amide bonds. The number of ether oxygens (including phenoxy) is 2. The highest BCUT2D eigenvalue weighted by atomic mass is 16.5. The smallest absolute Gasteiger partial charge is 0.165 e. The maximum atomic E-state index is 5.14. The van der Waals surface area contributed by atoms with E-state index in [1.165, 1.54) is 0 Å². The summed E-state index contributed by atoms with van der Waals surface area (Å²) in [5.74, 6) is 1.64. The predicted molar refractivity (Wildman–Crippen MR) is 73.5 cm³/mol. The van der Waals surface area contributed by atoms with Crippen molar-refractivity contribution in [2.45, 2.75) is 13.1 Å². The van der Waals surface area contributed by atoms with E-state index < -0.39 is 0 Å². The number of hydrogen-bond donors (Lipinski definition) is 1. The average Bonchev–Trinajstić information content (AvgIpc) is 2.92. The molecule has 0 spiro atoms. The number of nitrogens with zero attached hydrogens (tertiary/aromatic N) is 4. The molecule has 0 fully saturated rings. The van der Waals surface area contributed by atoms with Gasteiger partial charge in [-0.2, -0.15) is 0 Å². The molecule has 0 radical (unpaired) electrons. The Bertz CT molecular complexity index is 512. The fourth-order valence-corrected chi connectivity index (χ4v) is 1.75. The van der Waals surface area contributed by atoms with Crippen LogP contribution in [0.2, 0.25) is 0 Å². The minimum absolute atomic E-state index is 0.618. The summed E-state index contributed by atoms with van der Waals surface area (Å²) in [5, 5.41) is 15.0. The lowest BCUT2D eigenvalue weighted by molar-refractivity contribution is 0.198. The molecule has 2 rings (SSSR count). The minimum atomic E-state index is 0.618. The molecule has 108 valence electrons. The lowest BCUT2D eigenvalue weighted by atomic mass is 10.2. The zero-order chi connectivity index (χ0) is 14.2. The lowest BCUT2D eigenvalue weighted by Gasteiger charge is -2.07. The van der Waals surface area contributed by atoms with Gasteiger partial charge in [0.15, 0.2) is 5.82 Å². The Hall–Kier alpha value is -1.99. The SMILES string of the molecule is COCCNCc1nnnn1Cc1ccc(OC)cc1. The van der Waals surface area contributed by atoms with Crippen molar-refractivity contribution < 1.29 is 9.47 Å². The molecule has 20 heavy (non-hydrogen) atoms. The molecule has 0 saturated carbocycles. The quantitative estimate of drug-likeness (QED) is 0.707. The molecule has 1 N–H and O–H groups in total. The van der Waals surface area contributed by atoms with Crippen molar-refractivity contribution in [2.24, 2.45) is 0 Å². The molecule has 1 aromatic carbocycles. The lowest BCUT2D eigenvalue weighted by Crippen LogP contribution is -2.21. The number of rotatable bonds is 8. The minimum Gasteiger partial charge on any atom is -0.497 e. The third-order valence-electron chi connectivity index (χ3n) is 2.86. The van der Waals surface area contributed by atoms with E-state index >= 15 is 0 Å². The van der Waals surface area contributed by atoms with E-state index in [1.807, 2.05) is 24.3 Å². The first-order valence-electron chi connectivity index (χ1n) is 6.41. The zero-order valence-electron chi connectivity index (χ0n) is 11.7.